The molecule has 3 aliphatic rings. The molecule has 9 heterocycles. The van der Waals surface area contributed by atoms with E-state index in [9.17, 15) is 14.4 Å². The Morgan fingerprint density at radius 3 is 1.26 bits per heavy atom. The van der Waals surface area contributed by atoms with Crippen LogP contribution in [0.2, 0.25) is 15.1 Å². The van der Waals surface area contributed by atoms with Crippen molar-refractivity contribution in [3.8, 4) is 39.3 Å². The lowest BCUT2D eigenvalue weighted by molar-refractivity contribution is -0.125. The molecule has 23 heteroatoms. The molecule has 82 heavy (non-hydrogen) atoms. The van der Waals surface area contributed by atoms with Crippen molar-refractivity contribution in [2.24, 2.45) is 0 Å². The summed E-state index contributed by atoms with van der Waals surface area (Å²) >= 11 is 18.1. The Labute approximate surface area is 486 Å². The molecule has 0 spiro atoms. The minimum Gasteiger partial charge on any atom is -0.482 e. The van der Waals surface area contributed by atoms with Gasteiger partial charge in [-0.2, -0.15) is 4.39 Å². The van der Waals surface area contributed by atoms with Crippen molar-refractivity contribution in [3.05, 3.63) is 156 Å². The lowest BCUT2D eigenvalue weighted by Crippen LogP contribution is -2.27. The zero-order valence-corrected chi connectivity index (χ0v) is 47.1. The van der Waals surface area contributed by atoms with Gasteiger partial charge in [-0.05, 0) is 97.5 Å². The molecule has 9 aromatic rings. The van der Waals surface area contributed by atoms with Crippen molar-refractivity contribution in [1.29, 1.82) is 0 Å². The largest absolute Gasteiger partial charge is 0.482 e. The van der Waals surface area contributed by atoms with Crippen molar-refractivity contribution in [1.82, 2.24) is 58.3 Å². The number of carbonyl (C=O) groups is 3. The number of hydrogen-bond donors (Lipinski definition) is 3. The average molecular weight is 1170 g/mol. The third-order valence-electron chi connectivity index (χ3n) is 15.2. The third-order valence-corrected chi connectivity index (χ3v) is 16.0. The Morgan fingerprint density at radius 1 is 0.524 bits per heavy atom. The number of amides is 3. The number of halogens is 4. The fourth-order valence-corrected chi connectivity index (χ4v) is 11.8. The van der Waals surface area contributed by atoms with Gasteiger partial charge in [0.15, 0.2) is 0 Å². The molecular formula is C59H57Cl3FN15O4. The molecule has 3 amide bonds. The number of methoxy groups -OCH3 is 1. The molecule has 0 aliphatic carbocycles. The molecule has 420 valence electrons. The summed E-state index contributed by atoms with van der Waals surface area (Å²) in [5, 5.41) is 3.91. The number of nitrogen functional groups attached to an aromatic ring is 3. The van der Waals surface area contributed by atoms with Crippen LogP contribution >= 0.6 is 34.8 Å². The molecular weight excluding hydrogens is 1110 g/mol. The summed E-state index contributed by atoms with van der Waals surface area (Å²) in [5.74, 6) is 0.942. The van der Waals surface area contributed by atoms with E-state index in [1.165, 1.54) is 41.8 Å². The van der Waals surface area contributed by atoms with Crippen LogP contribution in [0.1, 0.15) is 43.1 Å². The fraction of sp³-hybridized carbons (Fsp3) is 0.237. The fourth-order valence-electron chi connectivity index (χ4n) is 11.4. The van der Waals surface area contributed by atoms with E-state index in [0.29, 0.717) is 106 Å². The monoisotopic (exact) mass is 1160 g/mol. The number of benzene rings is 3. The number of carbonyl (C=O) groups excluding carboxylic acids is 3. The van der Waals surface area contributed by atoms with Crippen LogP contribution in [0.5, 0.6) is 5.88 Å². The maximum Gasteiger partial charge on any atom is 0.246 e. The minimum absolute atomic E-state index is 0.0108. The Morgan fingerprint density at radius 2 is 0.854 bits per heavy atom. The van der Waals surface area contributed by atoms with Gasteiger partial charge in [0.05, 0.1) is 47.0 Å². The first-order valence-electron chi connectivity index (χ1n) is 26.2. The van der Waals surface area contributed by atoms with E-state index in [1.54, 1.807) is 41.2 Å². The Bertz CT molecular complexity index is 3790. The summed E-state index contributed by atoms with van der Waals surface area (Å²) in [6.45, 7) is 16.2. The van der Waals surface area contributed by atoms with Gasteiger partial charge < -0.3 is 41.2 Å². The van der Waals surface area contributed by atoms with Gasteiger partial charge in [-0.1, -0.05) is 90.9 Å². The summed E-state index contributed by atoms with van der Waals surface area (Å²) in [5.41, 5.74) is 26.2. The second kappa shape index (κ2) is 23.7. The van der Waals surface area contributed by atoms with Crippen LogP contribution in [0.4, 0.5) is 21.8 Å². The van der Waals surface area contributed by atoms with Gasteiger partial charge in [-0.3, -0.25) is 23.5 Å². The van der Waals surface area contributed by atoms with E-state index in [0.717, 1.165) is 57.2 Å². The second-order valence-electron chi connectivity index (χ2n) is 19.8. The highest BCUT2D eigenvalue weighted by molar-refractivity contribution is 6.31. The molecule has 3 aromatic carbocycles. The van der Waals surface area contributed by atoms with Gasteiger partial charge >= 0.3 is 0 Å². The van der Waals surface area contributed by atoms with E-state index in [4.69, 9.17) is 56.7 Å². The molecule has 0 bridgehead atoms. The number of nitrogens with two attached hydrogens (primary N) is 3. The Kier molecular flexibility index (Phi) is 16.3. The van der Waals surface area contributed by atoms with Crippen LogP contribution in [0.3, 0.4) is 0 Å². The topological polar surface area (TPSA) is 240 Å². The average Bonchev–Trinajstić information content (AvgIpc) is 4.38. The number of likely N-dealkylation sites (tertiary alicyclic amines) is 3. The van der Waals surface area contributed by atoms with Crippen molar-refractivity contribution < 1.29 is 23.5 Å². The van der Waals surface area contributed by atoms with Gasteiger partial charge in [-0.15, -0.1) is 0 Å². The van der Waals surface area contributed by atoms with Crippen LogP contribution in [-0.2, 0) is 14.4 Å². The van der Waals surface area contributed by atoms with E-state index in [-0.39, 0.29) is 41.7 Å². The number of ether oxygens (including phenoxy) is 1. The Hall–Kier alpha value is -8.85. The summed E-state index contributed by atoms with van der Waals surface area (Å²) in [7, 11) is 1.62. The van der Waals surface area contributed by atoms with E-state index < -0.39 is 5.95 Å². The maximum atomic E-state index is 15.6. The van der Waals surface area contributed by atoms with E-state index in [2.05, 4.69) is 61.1 Å². The molecule has 12 rings (SSSR count). The van der Waals surface area contributed by atoms with Crippen LogP contribution in [0, 0.1) is 12.9 Å². The lowest BCUT2D eigenvalue weighted by atomic mass is 10.0. The number of rotatable bonds is 10. The molecule has 0 radical (unpaired) electrons. The Balaban J connectivity index is 0.000000138. The molecule has 3 aliphatic heterocycles. The van der Waals surface area contributed by atoms with Crippen molar-refractivity contribution in [2.75, 3.05) is 63.6 Å². The highest BCUT2D eigenvalue weighted by Gasteiger charge is 2.35. The molecule has 3 saturated heterocycles. The first-order chi connectivity index (χ1) is 39.6. The molecule has 0 saturated carbocycles. The quantitative estimate of drug-likeness (QED) is 0.108. The van der Waals surface area contributed by atoms with E-state index in [1.807, 2.05) is 58.0 Å². The molecule has 6 N–H and O–H groups in total. The van der Waals surface area contributed by atoms with Gasteiger partial charge in [0.25, 0.3) is 0 Å². The maximum absolute atomic E-state index is 15.6. The van der Waals surface area contributed by atoms with Crippen molar-refractivity contribution in [3.63, 3.8) is 0 Å². The SMILES string of the molecule is C=CC(=O)N1CC[C@@H](n2c(C)c(-c3ccc(Cl)cc3)c3c(N)ncnc32)C1.C=CC(=O)N1CC[C@@H](n2c(F)c(-c3ccc(Cl)cc3)c3c(N)ncnc32)C1.C=CC(=O)N1CC[C@@H](n2c(OC)c(-c3ccc(Cl)cc3)c3c(N)ncnc32)C1. The third kappa shape index (κ3) is 10.6. The first kappa shape index (κ1) is 56.4. The lowest BCUT2D eigenvalue weighted by Gasteiger charge is -2.18. The highest BCUT2D eigenvalue weighted by atomic mass is 35.5. The summed E-state index contributed by atoms with van der Waals surface area (Å²) in [6, 6.07) is 21.9. The molecule has 3 fully saturated rings. The molecule has 0 unspecified atom stereocenters. The van der Waals surface area contributed by atoms with Crippen LogP contribution < -0.4 is 21.9 Å². The smallest absolute Gasteiger partial charge is 0.246 e. The zero-order chi connectivity index (χ0) is 58.1. The van der Waals surface area contributed by atoms with Crippen LogP contribution in [0.25, 0.3) is 66.5 Å². The van der Waals surface area contributed by atoms with Gasteiger partial charge in [0, 0.05) is 71.2 Å². The van der Waals surface area contributed by atoms with Crippen molar-refractivity contribution >= 4 is 103 Å². The summed E-state index contributed by atoms with van der Waals surface area (Å²) < 4.78 is 27.1. The molecule has 3 atom stereocenters. The number of nitrogens with zero attached hydrogens (tertiary/aromatic N) is 12. The number of fused-ring (bicyclic) bond motifs is 3. The van der Waals surface area contributed by atoms with Crippen LogP contribution in [-0.4, -0.2) is 122 Å². The zero-order valence-electron chi connectivity index (χ0n) is 44.9. The molecule has 19 nitrogen and oxygen atoms in total. The van der Waals surface area contributed by atoms with Gasteiger partial charge in [0.1, 0.15) is 53.4 Å². The summed E-state index contributed by atoms with van der Waals surface area (Å²) in [4.78, 5) is 66.9. The van der Waals surface area contributed by atoms with E-state index >= 15 is 4.39 Å². The number of hydrogen-bond acceptors (Lipinski definition) is 13. The predicted octanol–water partition coefficient (Wildman–Crippen LogP) is 10.3. The number of aromatic nitrogens is 9. The second-order valence-corrected chi connectivity index (χ2v) is 21.1. The standard InChI is InChI=1S/C20H20ClN5O2.C20H20ClN5O.C19H17ClFN5O/c1-3-15(27)25-9-8-14(10-25)26-19-17(18(22)23-11-24-19)16(20(26)28-2)12-4-6-13(21)7-5-12;1-3-16(27)25-9-8-15(10-25)26-12(2)17(13-4-6-14(21)7-5-13)18-19(22)23-11-24-20(18)26;1-2-14(27)25-8-7-13(9-25)26-17(21)15(11-3-5-12(20)6-4-11)16-18(22)23-10-24-19(16)26/h3-7,11,14H,1,8-10H2,2H3,(H2,22,23,24);3-7,11,15H,1,8-10H2,2H3,(H2,22,23,24);2-6,10,13H,1,7-9H2,(H2,22,23,24)/t14-;15-;13-/m111/s1. The first-order valence-corrected chi connectivity index (χ1v) is 27.3. The molecule has 6 aromatic heterocycles. The van der Waals surface area contributed by atoms with Gasteiger partial charge in [-0.25, -0.2) is 29.9 Å². The summed E-state index contributed by atoms with van der Waals surface area (Å²) in [6.07, 6.45) is 10.5. The van der Waals surface area contributed by atoms with Gasteiger partial charge in [0.2, 0.25) is 29.5 Å². The predicted molar refractivity (Wildman–Crippen MR) is 320 cm³/mol. The normalized spacial score (nSPS) is 16.7. The highest BCUT2D eigenvalue weighted by Crippen LogP contribution is 2.46. The van der Waals surface area contributed by atoms with Crippen molar-refractivity contribution in [2.45, 2.75) is 44.3 Å². The minimum atomic E-state index is -0.447. The number of anilines is 3. The van der Waals surface area contributed by atoms with Crippen LogP contribution in [0.15, 0.2) is 130 Å².